The minimum Gasteiger partial charge on any atom is -0.478 e. The van der Waals surface area contributed by atoms with Gasteiger partial charge in [0.05, 0.1) is 5.69 Å². The predicted molar refractivity (Wildman–Crippen MR) is 77.1 cm³/mol. The molecular formula is C15H20N2O3. The van der Waals surface area contributed by atoms with Crippen LogP contribution in [0.15, 0.2) is 18.2 Å². The molecule has 1 aromatic rings. The first-order valence-electron chi connectivity index (χ1n) is 6.77. The second kappa shape index (κ2) is 5.63. The second-order valence-corrected chi connectivity index (χ2v) is 5.32. The van der Waals surface area contributed by atoms with Gasteiger partial charge in [0.2, 0.25) is 0 Å². The Hall–Kier alpha value is -1.88. The van der Waals surface area contributed by atoms with E-state index in [1.165, 1.54) is 0 Å². The van der Waals surface area contributed by atoms with E-state index >= 15 is 0 Å². The predicted octanol–water partition coefficient (Wildman–Crippen LogP) is 1.60. The standard InChI is InChI=1S/C15H20N2O3/c1-9(2)14-15(19)17(3)11-8-10(12(18)6-7-16)4-5-13(11)20-14/h4-5,8-9,14H,6-7,16H2,1-3H3. The summed E-state index contributed by atoms with van der Waals surface area (Å²) in [5.74, 6) is 0.616. The van der Waals surface area contributed by atoms with Crippen molar-refractivity contribution in [1.29, 1.82) is 0 Å². The quantitative estimate of drug-likeness (QED) is 0.848. The van der Waals surface area contributed by atoms with Gasteiger partial charge in [0.15, 0.2) is 11.9 Å². The number of carbonyl (C=O) groups excluding carboxylic acids is 2. The number of rotatable bonds is 4. The zero-order valence-electron chi connectivity index (χ0n) is 12.1. The van der Waals surface area contributed by atoms with Crippen LogP contribution >= 0.6 is 0 Å². The van der Waals surface area contributed by atoms with Gasteiger partial charge in [-0.1, -0.05) is 13.8 Å². The summed E-state index contributed by atoms with van der Waals surface area (Å²) in [5.41, 5.74) is 6.59. The van der Waals surface area contributed by atoms with Crippen LogP contribution in [-0.4, -0.2) is 31.4 Å². The third kappa shape index (κ3) is 2.54. The van der Waals surface area contributed by atoms with E-state index in [1.54, 1.807) is 30.1 Å². The third-order valence-electron chi connectivity index (χ3n) is 3.45. The second-order valence-electron chi connectivity index (χ2n) is 5.32. The highest BCUT2D eigenvalue weighted by atomic mass is 16.5. The number of ether oxygens (including phenoxy) is 1. The van der Waals surface area contributed by atoms with Gasteiger partial charge in [0.25, 0.3) is 5.91 Å². The number of nitrogens with two attached hydrogens (primary N) is 1. The molecule has 2 N–H and O–H groups in total. The van der Waals surface area contributed by atoms with E-state index in [0.717, 1.165) is 0 Å². The molecule has 0 saturated carbocycles. The lowest BCUT2D eigenvalue weighted by molar-refractivity contribution is -0.127. The number of fused-ring (bicyclic) bond motifs is 1. The van der Waals surface area contributed by atoms with Crippen molar-refractivity contribution in [3.05, 3.63) is 23.8 Å². The Labute approximate surface area is 118 Å². The van der Waals surface area contributed by atoms with E-state index in [4.69, 9.17) is 10.5 Å². The van der Waals surface area contributed by atoms with Crippen molar-refractivity contribution in [2.75, 3.05) is 18.5 Å². The van der Waals surface area contributed by atoms with Crippen LogP contribution in [-0.2, 0) is 4.79 Å². The molecule has 20 heavy (non-hydrogen) atoms. The zero-order valence-corrected chi connectivity index (χ0v) is 12.1. The average Bonchev–Trinajstić information content (AvgIpc) is 2.42. The Morgan fingerprint density at radius 2 is 2.15 bits per heavy atom. The molecule has 5 nitrogen and oxygen atoms in total. The van der Waals surface area contributed by atoms with Gasteiger partial charge in [-0.3, -0.25) is 9.59 Å². The molecule has 0 fully saturated rings. The largest absolute Gasteiger partial charge is 0.478 e. The normalized spacial score (nSPS) is 17.9. The molecule has 5 heteroatoms. The van der Waals surface area contributed by atoms with Gasteiger partial charge >= 0.3 is 0 Å². The lowest BCUT2D eigenvalue weighted by Crippen LogP contribution is -2.46. The number of anilines is 1. The van der Waals surface area contributed by atoms with Crippen molar-refractivity contribution in [2.45, 2.75) is 26.4 Å². The Balaban J connectivity index is 2.36. The van der Waals surface area contributed by atoms with Gasteiger partial charge in [-0.15, -0.1) is 0 Å². The Kier molecular flexibility index (Phi) is 4.09. The summed E-state index contributed by atoms with van der Waals surface area (Å²) in [5, 5.41) is 0. The molecule has 1 atom stereocenters. The Bertz CT molecular complexity index is 540. The number of likely N-dealkylation sites (N-methyl/N-ethyl adjacent to an activating group) is 1. The van der Waals surface area contributed by atoms with Crippen LogP contribution in [0.3, 0.4) is 0 Å². The minimum absolute atomic E-state index is 0.0258. The van der Waals surface area contributed by atoms with Crippen molar-refractivity contribution in [3.8, 4) is 5.75 Å². The van der Waals surface area contributed by atoms with E-state index in [9.17, 15) is 9.59 Å². The molecule has 1 unspecified atom stereocenters. The molecule has 0 aromatic heterocycles. The van der Waals surface area contributed by atoms with Crippen LogP contribution in [0, 0.1) is 5.92 Å². The molecule has 108 valence electrons. The molecule has 0 radical (unpaired) electrons. The van der Waals surface area contributed by atoms with E-state index in [2.05, 4.69) is 0 Å². The maximum atomic E-state index is 12.2. The van der Waals surface area contributed by atoms with Gasteiger partial charge in [-0.05, 0) is 30.7 Å². The number of ketones is 1. The number of nitrogens with zero attached hydrogens (tertiary/aromatic N) is 1. The van der Waals surface area contributed by atoms with Crippen molar-refractivity contribution >= 4 is 17.4 Å². The average molecular weight is 276 g/mol. The maximum absolute atomic E-state index is 12.2. The first-order chi connectivity index (χ1) is 9.45. The summed E-state index contributed by atoms with van der Waals surface area (Å²) >= 11 is 0. The summed E-state index contributed by atoms with van der Waals surface area (Å²) in [6, 6.07) is 5.16. The molecule has 0 saturated heterocycles. The first kappa shape index (κ1) is 14.5. The molecule has 1 heterocycles. The Morgan fingerprint density at radius 3 is 2.75 bits per heavy atom. The molecule has 2 rings (SSSR count). The van der Waals surface area contributed by atoms with Crippen LogP contribution in [0.5, 0.6) is 5.75 Å². The minimum atomic E-state index is -0.474. The topological polar surface area (TPSA) is 72.6 Å². The van der Waals surface area contributed by atoms with Crippen LogP contribution in [0.4, 0.5) is 5.69 Å². The molecule has 1 aromatic carbocycles. The molecule has 0 bridgehead atoms. The van der Waals surface area contributed by atoms with Crippen LogP contribution in [0.25, 0.3) is 0 Å². The number of Topliss-reactive ketones (excluding diaryl/α,β-unsaturated/α-hetero) is 1. The number of amides is 1. The SMILES string of the molecule is CC(C)C1Oc2ccc(C(=O)CCN)cc2N(C)C1=O. The summed E-state index contributed by atoms with van der Waals surface area (Å²) in [7, 11) is 1.70. The van der Waals surface area contributed by atoms with E-state index < -0.39 is 6.10 Å². The molecule has 1 aliphatic rings. The third-order valence-corrected chi connectivity index (χ3v) is 3.45. The fourth-order valence-corrected chi connectivity index (χ4v) is 2.25. The van der Waals surface area contributed by atoms with Crippen molar-refractivity contribution in [3.63, 3.8) is 0 Å². The summed E-state index contributed by atoms with van der Waals surface area (Å²) in [4.78, 5) is 25.7. The fraction of sp³-hybridized carbons (Fsp3) is 0.467. The zero-order chi connectivity index (χ0) is 14.9. The first-order valence-corrected chi connectivity index (χ1v) is 6.77. The highest BCUT2D eigenvalue weighted by Crippen LogP contribution is 2.35. The van der Waals surface area contributed by atoms with Crippen LogP contribution in [0.2, 0.25) is 0 Å². The fourth-order valence-electron chi connectivity index (χ4n) is 2.25. The van der Waals surface area contributed by atoms with Crippen molar-refractivity contribution in [2.24, 2.45) is 11.7 Å². The highest BCUT2D eigenvalue weighted by molar-refractivity contribution is 6.02. The maximum Gasteiger partial charge on any atom is 0.268 e. The lowest BCUT2D eigenvalue weighted by atomic mass is 10.0. The summed E-state index contributed by atoms with van der Waals surface area (Å²) < 4.78 is 5.74. The monoisotopic (exact) mass is 276 g/mol. The lowest BCUT2D eigenvalue weighted by Gasteiger charge is -2.34. The number of carbonyl (C=O) groups is 2. The number of hydrogen-bond donors (Lipinski definition) is 1. The molecule has 1 aliphatic heterocycles. The molecule has 1 amide bonds. The van der Waals surface area contributed by atoms with Crippen LogP contribution < -0.4 is 15.4 Å². The molecular weight excluding hydrogens is 256 g/mol. The van der Waals surface area contributed by atoms with Gasteiger partial charge in [-0.25, -0.2) is 0 Å². The van der Waals surface area contributed by atoms with Gasteiger partial charge in [0, 0.05) is 19.0 Å². The van der Waals surface area contributed by atoms with E-state index in [-0.39, 0.29) is 17.6 Å². The van der Waals surface area contributed by atoms with Gasteiger partial charge in [-0.2, -0.15) is 0 Å². The number of benzene rings is 1. The highest BCUT2D eigenvalue weighted by Gasteiger charge is 2.34. The number of hydrogen-bond acceptors (Lipinski definition) is 4. The summed E-state index contributed by atoms with van der Waals surface area (Å²) in [6.45, 7) is 4.21. The summed E-state index contributed by atoms with van der Waals surface area (Å²) in [6.07, 6.45) is -0.176. The van der Waals surface area contributed by atoms with Crippen molar-refractivity contribution in [1.82, 2.24) is 0 Å². The molecule has 0 spiro atoms. The smallest absolute Gasteiger partial charge is 0.268 e. The Morgan fingerprint density at radius 1 is 1.45 bits per heavy atom. The van der Waals surface area contributed by atoms with Crippen molar-refractivity contribution < 1.29 is 14.3 Å². The van der Waals surface area contributed by atoms with E-state index in [0.29, 0.717) is 30.0 Å². The van der Waals surface area contributed by atoms with E-state index in [1.807, 2.05) is 13.8 Å². The van der Waals surface area contributed by atoms with Crippen LogP contribution in [0.1, 0.15) is 30.6 Å². The van der Waals surface area contributed by atoms with Gasteiger partial charge < -0.3 is 15.4 Å². The molecule has 0 aliphatic carbocycles. The van der Waals surface area contributed by atoms with Gasteiger partial charge in [0.1, 0.15) is 5.75 Å².